The highest BCUT2D eigenvalue weighted by molar-refractivity contribution is 5.89. The number of hydrogen-bond donors (Lipinski definition) is 1. The van der Waals surface area contributed by atoms with Crippen molar-refractivity contribution in [3.63, 3.8) is 0 Å². The van der Waals surface area contributed by atoms with E-state index in [1.54, 1.807) is 12.1 Å². The van der Waals surface area contributed by atoms with E-state index in [9.17, 15) is 9.59 Å². The normalized spacial score (nSPS) is 10.6. The first-order chi connectivity index (χ1) is 8.67. The van der Waals surface area contributed by atoms with Gasteiger partial charge in [0.2, 0.25) is 5.76 Å². The summed E-state index contributed by atoms with van der Waals surface area (Å²) in [5, 5.41) is 8.72. The molecule has 5 heteroatoms. The maximum atomic E-state index is 11.8. The number of para-hydroxylation sites is 1. The van der Waals surface area contributed by atoms with Crippen molar-refractivity contribution in [3.05, 3.63) is 45.8 Å². The van der Waals surface area contributed by atoms with Crippen LogP contribution in [-0.2, 0) is 11.3 Å². The summed E-state index contributed by atoms with van der Waals surface area (Å²) in [5.74, 6) is -1.39. The van der Waals surface area contributed by atoms with Crippen LogP contribution in [-0.4, -0.2) is 11.2 Å². The fourth-order valence-electron chi connectivity index (χ4n) is 1.85. The van der Waals surface area contributed by atoms with Gasteiger partial charge in [0.15, 0.2) is 5.43 Å². The quantitative estimate of drug-likeness (QED) is 0.666. The van der Waals surface area contributed by atoms with E-state index in [2.05, 4.69) is 4.89 Å². The Hall–Kier alpha value is -2.14. The van der Waals surface area contributed by atoms with Crippen LogP contribution < -0.4 is 5.43 Å². The largest absolute Gasteiger partial charge is 0.448 e. The minimum atomic E-state index is -1.08. The fraction of sp³-hybridized carbons (Fsp3) is 0.231. The molecular weight excluding hydrogens is 236 g/mol. The molecule has 0 radical (unpaired) electrons. The zero-order chi connectivity index (χ0) is 13.1. The highest BCUT2D eigenvalue weighted by atomic mass is 17.1. The molecule has 0 spiro atoms. The second-order valence-electron chi connectivity index (χ2n) is 3.90. The van der Waals surface area contributed by atoms with Crippen LogP contribution in [0.25, 0.3) is 11.0 Å². The van der Waals surface area contributed by atoms with Gasteiger partial charge in [-0.3, -0.25) is 9.68 Å². The van der Waals surface area contributed by atoms with Gasteiger partial charge in [-0.15, -0.1) is 0 Å². The Labute approximate surface area is 103 Å². The Morgan fingerprint density at radius 2 is 2.22 bits per heavy atom. The molecule has 0 bridgehead atoms. The zero-order valence-electron chi connectivity index (χ0n) is 9.80. The molecule has 0 saturated heterocycles. The van der Waals surface area contributed by atoms with Crippen LogP contribution in [0.15, 0.2) is 33.5 Å². The maximum absolute atomic E-state index is 11.8. The Morgan fingerprint density at radius 1 is 1.44 bits per heavy atom. The van der Waals surface area contributed by atoms with Crippen LogP contribution in [0, 0.1) is 0 Å². The predicted molar refractivity (Wildman–Crippen MR) is 64.5 cm³/mol. The third-order valence-corrected chi connectivity index (χ3v) is 2.64. The van der Waals surface area contributed by atoms with E-state index in [1.807, 2.05) is 13.0 Å². The topological polar surface area (TPSA) is 76.7 Å². The lowest BCUT2D eigenvalue weighted by atomic mass is 10.1. The van der Waals surface area contributed by atoms with Gasteiger partial charge in [0, 0.05) is 6.07 Å². The van der Waals surface area contributed by atoms with Crippen molar-refractivity contribution in [2.75, 3.05) is 0 Å². The van der Waals surface area contributed by atoms with E-state index in [4.69, 9.17) is 9.67 Å². The lowest BCUT2D eigenvalue weighted by Crippen LogP contribution is -2.09. The van der Waals surface area contributed by atoms with E-state index < -0.39 is 5.97 Å². The van der Waals surface area contributed by atoms with Gasteiger partial charge in [0.1, 0.15) is 5.58 Å². The molecule has 1 aromatic heterocycles. The van der Waals surface area contributed by atoms with E-state index in [0.29, 0.717) is 11.0 Å². The second kappa shape index (κ2) is 5.01. The summed E-state index contributed by atoms with van der Waals surface area (Å²) in [5.41, 5.74) is 0.876. The molecule has 0 saturated carbocycles. The summed E-state index contributed by atoms with van der Waals surface area (Å²) in [7, 11) is 0. The summed E-state index contributed by atoms with van der Waals surface area (Å²) in [4.78, 5) is 26.6. The summed E-state index contributed by atoms with van der Waals surface area (Å²) in [6, 6.07) is 6.25. The van der Waals surface area contributed by atoms with Gasteiger partial charge in [-0.05, 0) is 18.1 Å². The molecule has 5 nitrogen and oxygen atoms in total. The van der Waals surface area contributed by atoms with Crippen molar-refractivity contribution >= 4 is 16.9 Å². The minimum Gasteiger partial charge on any atom is -0.448 e. The van der Waals surface area contributed by atoms with Gasteiger partial charge >= 0.3 is 5.97 Å². The smallest absolute Gasteiger partial charge is 0.407 e. The zero-order valence-corrected chi connectivity index (χ0v) is 9.80. The maximum Gasteiger partial charge on any atom is 0.407 e. The van der Waals surface area contributed by atoms with E-state index >= 15 is 0 Å². The average Bonchev–Trinajstić information content (AvgIpc) is 2.39. The minimum absolute atomic E-state index is 0.307. The van der Waals surface area contributed by atoms with Gasteiger partial charge in [-0.2, -0.15) is 5.26 Å². The molecule has 0 atom stereocenters. The summed E-state index contributed by atoms with van der Waals surface area (Å²) in [6.45, 7) is 2.00. The van der Waals surface area contributed by atoms with Crippen LogP contribution in [0.1, 0.15) is 29.5 Å². The molecule has 1 heterocycles. The molecule has 1 aromatic carbocycles. The number of aryl methyl sites for hydroxylation is 1. The Balaban J connectivity index is 2.72. The van der Waals surface area contributed by atoms with Gasteiger partial charge < -0.3 is 4.42 Å². The van der Waals surface area contributed by atoms with Gasteiger partial charge in [-0.25, -0.2) is 4.79 Å². The lowest BCUT2D eigenvalue weighted by Gasteiger charge is -2.05. The van der Waals surface area contributed by atoms with Crippen LogP contribution in [0.3, 0.4) is 0 Å². The van der Waals surface area contributed by atoms with Crippen molar-refractivity contribution in [1.29, 1.82) is 0 Å². The highest BCUT2D eigenvalue weighted by Crippen LogP contribution is 2.19. The van der Waals surface area contributed by atoms with E-state index in [-0.39, 0.29) is 11.2 Å². The highest BCUT2D eigenvalue weighted by Gasteiger charge is 2.15. The van der Waals surface area contributed by atoms with Crippen molar-refractivity contribution in [2.24, 2.45) is 0 Å². The Morgan fingerprint density at radius 3 is 2.89 bits per heavy atom. The number of carbonyl (C=O) groups is 1. The number of fused-ring (bicyclic) bond motifs is 1. The molecule has 1 N–H and O–H groups in total. The van der Waals surface area contributed by atoms with Crippen LogP contribution in [0.5, 0.6) is 0 Å². The molecule has 2 rings (SSSR count). The molecule has 0 fully saturated rings. The molecule has 0 aliphatic carbocycles. The lowest BCUT2D eigenvalue weighted by molar-refractivity contribution is -0.184. The fourth-order valence-corrected chi connectivity index (χ4v) is 1.85. The van der Waals surface area contributed by atoms with Crippen molar-refractivity contribution in [3.8, 4) is 0 Å². The average molecular weight is 248 g/mol. The number of hydrogen-bond acceptors (Lipinski definition) is 5. The van der Waals surface area contributed by atoms with Crippen LogP contribution >= 0.6 is 0 Å². The summed E-state index contributed by atoms with van der Waals surface area (Å²) >= 11 is 0. The van der Waals surface area contributed by atoms with E-state index in [1.165, 1.54) is 0 Å². The third kappa shape index (κ3) is 2.12. The molecule has 0 amide bonds. The molecule has 94 valence electrons. The number of benzene rings is 1. The first-order valence-electron chi connectivity index (χ1n) is 5.59. The Kier molecular flexibility index (Phi) is 3.43. The van der Waals surface area contributed by atoms with Crippen LogP contribution in [0.4, 0.5) is 0 Å². The van der Waals surface area contributed by atoms with Crippen molar-refractivity contribution in [2.45, 2.75) is 19.8 Å². The molecule has 0 unspecified atom stereocenters. The molecule has 0 aliphatic heterocycles. The predicted octanol–water partition coefficient (Wildman–Crippen LogP) is 2.38. The molecule has 18 heavy (non-hydrogen) atoms. The standard InChI is InChI=1S/C13H12O5/c1-2-4-8-5-3-6-9-10(14)7-11(13(15)18-16)17-12(8)9/h3,5-7,16H,2,4H2,1H3. The second-order valence-corrected chi connectivity index (χ2v) is 3.90. The summed E-state index contributed by atoms with van der Waals surface area (Å²) < 4.78 is 5.34. The number of carbonyl (C=O) groups excluding carboxylic acids is 1. The monoisotopic (exact) mass is 248 g/mol. The molecule has 0 aliphatic rings. The Bertz CT molecular complexity index is 641. The van der Waals surface area contributed by atoms with Crippen LogP contribution in [0.2, 0.25) is 0 Å². The summed E-state index contributed by atoms with van der Waals surface area (Å²) in [6.07, 6.45) is 1.62. The van der Waals surface area contributed by atoms with Gasteiger partial charge in [0.05, 0.1) is 5.39 Å². The van der Waals surface area contributed by atoms with Gasteiger partial charge in [-0.1, -0.05) is 25.5 Å². The number of rotatable bonds is 3. The molecular formula is C13H12O5. The first-order valence-corrected chi connectivity index (χ1v) is 5.59. The van der Waals surface area contributed by atoms with Crippen molar-refractivity contribution in [1.82, 2.24) is 0 Å². The SMILES string of the molecule is CCCc1cccc2c(=O)cc(C(=O)OO)oc12. The van der Waals surface area contributed by atoms with E-state index in [0.717, 1.165) is 24.5 Å². The van der Waals surface area contributed by atoms with Crippen molar-refractivity contribution < 1.29 is 19.4 Å². The third-order valence-electron chi connectivity index (χ3n) is 2.64. The molecule has 2 aromatic rings. The first kappa shape index (κ1) is 12.3. The van der Waals surface area contributed by atoms with Gasteiger partial charge in [0.25, 0.3) is 0 Å².